The molecule has 0 bridgehead atoms. The summed E-state index contributed by atoms with van der Waals surface area (Å²) in [5.41, 5.74) is 1.58. The van der Waals surface area contributed by atoms with Crippen LogP contribution in [0.1, 0.15) is 15.9 Å². The molecule has 1 N–H and O–H groups in total. The molecule has 3 rings (SSSR count). The predicted octanol–water partition coefficient (Wildman–Crippen LogP) is 1.49. The van der Waals surface area contributed by atoms with Crippen LogP contribution >= 0.6 is 0 Å². The summed E-state index contributed by atoms with van der Waals surface area (Å²) < 4.78 is 5.11. The highest BCUT2D eigenvalue weighted by Crippen LogP contribution is 2.13. The highest BCUT2D eigenvalue weighted by atomic mass is 16.5. The number of tetrazole rings is 1. The van der Waals surface area contributed by atoms with E-state index in [-0.39, 0.29) is 5.56 Å². The van der Waals surface area contributed by atoms with Gasteiger partial charge in [0.15, 0.2) is 0 Å². The third kappa shape index (κ3) is 3.31. The third-order valence-electron chi connectivity index (χ3n) is 3.18. The van der Waals surface area contributed by atoms with Crippen LogP contribution in [0, 0.1) is 0 Å². The van der Waals surface area contributed by atoms with Crippen molar-refractivity contribution in [3.8, 4) is 17.3 Å². The number of pyridine rings is 1. The topological polar surface area (TPSA) is 103 Å². The van der Waals surface area contributed by atoms with Gasteiger partial charge in [0, 0.05) is 6.20 Å². The monoisotopic (exact) mass is 311 g/mol. The Morgan fingerprint density at radius 3 is 2.61 bits per heavy atom. The third-order valence-corrected chi connectivity index (χ3v) is 3.18. The van der Waals surface area contributed by atoms with Gasteiger partial charge >= 0.3 is 5.97 Å². The molecule has 3 aromatic rings. The van der Waals surface area contributed by atoms with Gasteiger partial charge in [-0.2, -0.15) is 4.80 Å². The van der Waals surface area contributed by atoms with Crippen LogP contribution in [0.15, 0.2) is 42.6 Å². The SMILES string of the molecule is COc1ccc(Cn2nnc(-c3ccc(C(=O)O)cn3)n2)cc1. The summed E-state index contributed by atoms with van der Waals surface area (Å²) in [4.78, 5) is 16.3. The lowest BCUT2D eigenvalue weighted by Crippen LogP contribution is -2.04. The van der Waals surface area contributed by atoms with E-state index in [4.69, 9.17) is 9.84 Å². The number of hydrogen-bond donors (Lipinski definition) is 1. The first kappa shape index (κ1) is 14.6. The Morgan fingerprint density at radius 2 is 2.00 bits per heavy atom. The fourth-order valence-electron chi connectivity index (χ4n) is 1.96. The molecule has 2 aromatic heterocycles. The number of aromatic nitrogens is 5. The van der Waals surface area contributed by atoms with Crippen LogP contribution in [-0.2, 0) is 6.54 Å². The van der Waals surface area contributed by atoms with Crippen molar-refractivity contribution >= 4 is 5.97 Å². The molecule has 0 aliphatic rings. The Bertz CT molecular complexity index is 812. The first-order valence-electron chi connectivity index (χ1n) is 6.76. The molecule has 0 aliphatic carbocycles. The second-order valence-electron chi connectivity index (χ2n) is 4.73. The molecule has 0 atom stereocenters. The van der Waals surface area contributed by atoms with Crippen molar-refractivity contribution in [3.63, 3.8) is 0 Å². The van der Waals surface area contributed by atoms with E-state index in [9.17, 15) is 4.79 Å². The van der Waals surface area contributed by atoms with E-state index in [1.165, 1.54) is 17.1 Å². The summed E-state index contributed by atoms with van der Waals surface area (Å²) in [6.07, 6.45) is 1.27. The van der Waals surface area contributed by atoms with Crippen LogP contribution in [0.3, 0.4) is 0 Å². The summed E-state index contributed by atoms with van der Waals surface area (Å²) in [6, 6.07) is 10.6. The van der Waals surface area contributed by atoms with Crippen molar-refractivity contribution in [2.24, 2.45) is 0 Å². The van der Waals surface area contributed by atoms with Gasteiger partial charge in [-0.15, -0.1) is 10.2 Å². The van der Waals surface area contributed by atoms with Gasteiger partial charge in [0.25, 0.3) is 0 Å². The van der Waals surface area contributed by atoms with E-state index in [1.54, 1.807) is 13.2 Å². The number of carboxylic acids is 1. The first-order valence-corrected chi connectivity index (χ1v) is 6.76. The summed E-state index contributed by atoms with van der Waals surface area (Å²) in [6.45, 7) is 0.463. The number of nitrogens with zero attached hydrogens (tertiary/aromatic N) is 5. The molecule has 0 unspecified atom stereocenters. The van der Waals surface area contributed by atoms with E-state index in [2.05, 4.69) is 20.4 Å². The second-order valence-corrected chi connectivity index (χ2v) is 4.73. The molecule has 0 saturated carbocycles. The number of aromatic carboxylic acids is 1. The maximum absolute atomic E-state index is 10.8. The number of hydrogen-bond acceptors (Lipinski definition) is 6. The number of ether oxygens (including phenoxy) is 1. The molecular weight excluding hydrogens is 298 g/mol. The lowest BCUT2D eigenvalue weighted by atomic mass is 10.2. The number of carbonyl (C=O) groups is 1. The van der Waals surface area contributed by atoms with Crippen molar-refractivity contribution in [1.29, 1.82) is 0 Å². The van der Waals surface area contributed by atoms with Gasteiger partial charge < -0.3 is 9.84 Å². The molecule has 116 valence electrons. The average Bonchev–Trinajstić information content (AvgIpc) is 3.04. The maximum atomic E-state index is 10.8. The van der Waals surface area contributed by atoms with Crippen molar-refractivity contribution in [1.82, 2.24) is 25.2 Å². The number of carboxylic acid groups (broad SMARTS) is 1. The molecular formula is C15H13N5O3. The van der Waals surface area contributed by atoms with Crippen LogP contribution in [-0.4, -0.2) is 43.4 Å². The van der Waals surface area contributed by atoms with Crippen LogP contribution in [0.5, 0.6) is 5.75 Å². The Balaban J connectivity index is 1.75. The minimum absolute atomic E-state index is 0.111. The van der Waals surface area contributed by atoms with E-state index >= 15 is 0 Å². The lowest BCUT2D eigenvalue weighted by molar-refractivity contribution is 0.0696. The van der Waals surface area contributed by atoms with E-state index in [0.29, 0.717) is 18.1 Å². The van der Waals surface area contributed by atoms with Gasteiger partial charge in [-0.3, -0.25) is 4.98 Å². The molecule has 0 aliphatic heterocycles. The van der Waals surface area contributed by atoms with Gasteiger partial charge in [-0.05, 0) is 35.0 Å². The second kappa shape index (κ2) is 6.22. The van der Waals surface area contributed by atoms with Crippen LogP contribution < -0.4 is 4.74 Å². The standard InChI is InChI=1S/C15H13N5O3/c1-23-12-5-2-10(3-6-12)9-20-18-14(17-19-20)13-7-4-11(8-16-13)15(21)22/h2-8H,9H2,1H3,(H,21,22). The molecule has 0 saturated heterocycles. The molecule has 1 aromatic carbocycles. The Hall–Kier alpha value is -3.29. The fraction of sp³-hybridized carbons (Fsp3) is 0.133. The summed E-state index contributed by atoms with van der Waals surface area (Å²) in [5, 5.41) is 21.0. The highest BCUT2D eigenvalue weighted by molar-refractivity contribution is 5.87. The Labute approximate surface area is 131 Å². The Kier molecular flexibility index (Phi) is 3.96. The zero-order chi connectivity index (χ0) is 16.2. The van der Waals surface area contributed by atoms with Gasteiger partial charge in [-0.1, -0.05) is 12.1 Å². The van der Waals surface area contributed by atoms with E-state index in [1.807, 2.05) is 24.3 Å². The van der Waals surface area contributed by atoms with Crippen molar-refractivity contribution < 1.29 is 14.6 Å². The van der Waals surface area contributed by atoms with Crippen LogP contribution in [0.25, 0.3) is 11.5 Å². The summed E-state index contributed by atoms with van der Waals surface area (Å²) in [5.74, 6) is 0.0966. The minimum Gasteiger partial charge on any atom is -0.497 e. The zero-order valence-corrected chi connectivity index (χ0v) is 12.2. The normalized spacial score (nSPS) is 10.5. The molecule has 0 radical (unpaired) electrons. The first-order chi connectivity index (χ1) is 11.2. The van der Waals surface area contributed by atoms with Crippen LogP contribution in [0.2, 0.25) is 0 Å². The lowest BCUT2D eigenvalue weighted by Gasteiger charge is -2.02. The van der Waals surface area contributed by atoms with Crippen molar-refractivity contribution in [2.75, 3.05) is 7.11 Å². The molecule has 0 fully saturated rings. The Morgan fingerprint density at radius 1 is 1.22 bits per heavy atom. The molecule has 8 nitrogen and oxygen atoms in total. The summed E-state index contributed by atoms with van der Waals surface area (Å²) >= 11 is 0. The van der Waals surface area contributed by atoms with Gasteiger partial charge in [0.2, 0.25) is 5.82 Å². The fourth-order valence-corrected chi connectivity index (χ4v) is 1.96. The largest absolute Gasteiger partial charge is 0.497 e. The number of rotatable bonds is 5. The van der Waals surface area contributed by atoms with Crippen LogP contribution in [0.4, 0.5) is 0 Å². The van der Waals surface area contributed by atoms with Gasteiger partial charge in [0.05, 0.1) is 19.2 Å². The predicted molar refractivity (Wildman–Crippen MR) is 80.1 cm³/mol. The number of benzene rings is 1. The molecule has 2 heterocycles. The van der Waals surface area contributed by atoms with E-state index < -0.39 is 5.97 Å². The molecule has 0 amide bonds. The quantitative estimate of drug-likeness (QED) is 0.761. The van der Waals surface area contributed by atoms with E-state index in [0.717, 1.165) is 11.3 Å². The van der Waals surface area contributed by atoms with Gasteiger partial charge in [0.1, 0.15) is 11.4 Å². The molecule has 23 heavy (non-hydrogen) atoms. The number of methoxy groups -OCH3 is 1. The van der Waals surface area contributed by atoms with Crippen molar-refractivity contribution in [3.05, 3.63) is 53.7 Å². The highest BCUT2D eigenvalue weighted by Gasteiger charge is 2.09. The molecule has 0 spiro atoms. The van der Waals surface area contributed by atoms with Crippen molar-refractivity contribution in [2.45, 2.75) is 6.54 Å². The zero-order valence-electron chi connectivity index (χ0n) is 12.2. The smallest absolute Gasteiger partial charge is 0.337 e. The summed E-state index contributed by atoms with van der Waals surface area (Å²) in [7, 11) is 1.61. The maximum Gasteiger partial charge on any atom is 0.337 e. The average molecular weight is 311 g/mol. The minimum atomic E-state index is -1.03. The van der Waals surface area contributed by atoms with Gasteiger partial charge in [-0.25, -0.2) is 4.79 Å². The molecule has 8 heteroatoms.